The highest BCUT2D eigenvalue weighted by Crippen LogP contribution is 2.32. The van der Waals surface area contributed by atoms with Crippen LogP contribution >= 0.6 is 0 Å². The number of ether oxygens (including phenoxy) is 1. The number of methoxy groups -OCH3 is 1. The molecule has 3 aliphatic heterocycles. The molecule has 9 nitrogen and oxygen atoms in total. The number of benzene rings is 2. The number of anilines is 2. The molecule has 3 aliphatic rings. The van der Waals surface area contributed by atoms with E-state index in [2.05, 4.69) is 9.89 Å². The highest BCUT2D eigenvalue weighted by Gasteiger charge is 2.36. The second-order valence-electron chi connectivity index (χ2n) is 9.64. The van der Waals surface area contributed by atoms with Crippen LogP contribution in [-0.2, 0) is 11.2 Å². The summed E-state index contributed by atoms with van der Waals surface area (Å²) in [7, 11) is 3.64. The first kappa shape index (κ1) is 23.3. The van der Waals surface area contributed by atoms with E-state index in [9.17, 15) is 9.59 Å². The summed E-state index contributed by atoms with van der Waals surface area (Å²) >= 11 is 0. The molecule has 0 saturated carbocycles. The van der Waals surface area contributed by atoms with E-state index in [1.54, 1.807) is 16.7 Å². The third-order valence-electron chi connectivity index (χ3n) is 7.40. The van der Waals surface area contributed by atoms with Gasteiger partial charge in [-0.3, -0.25) is 14.6 Å². The van der Waals surface area contributed by atoms with Crippen LogP contribution in [0, 0.1) is 0 Å². The minimum atomic E-state index is -0.0983. The Morgan fingerprint density at radius 3 is 2.16 bits per heavy atom. The lowest BCUT2D eigenvalue weighted by Crippen LogP contribution is -2.39. The van der Waals surface area contributed by atoms with Crippen molar-refractivity contribution in [3.8, 4) is 11.4 Å². The fourth-order valence-corrected chi connectivity index (χ4v) is 5.38. The van der Waals surface area contributed by atoms with E-state index in [1.807, 2.05) is 60.5 Å². The highest BCUT2D eigenvalue weighted by atomic mass is 16.5. The lowest BCUT2D eigenvalue weighted by Gasteiger charge is -2.30. The molecule has 0 radical (unpaired) electrons. The number of fused-ring (bicyclic) bond motifs is 1. The van der Waals surface area contributed by atoms with Gasteiger partial charge in [0.1, 0.15) is 17.1 Å². The zero-order chi connectivity index (χ0) is 25.5. The van der Waals surface area contributed by atoms with Gasteiger partial charge in [0, 0.05) is 50.0 Å². The van der Waals surface area contributed by atoms with E-state index in [0.29, 0.717) is 25.1 Å². The molecule has 0 bridgehead atoms. The average molecular weight is 499 g/mol. The Hall–Kier alpha value is -4.14. The fourth-order valence-electron chi connectivity index (χ4n) is 5.38. The Bertz CT molecular complexity index is 1380. The van der Waals surface area contributed by atoms with E-state index >= 15 is 0 Å². The van der Waals surface area contributed by atoms with Gasteiger partial charge in [-0.1, -0.05) is 0 Å². The van der Waals surface area contributed by atoms with Crippen molar-refractivity contribution in [1.82, 2.24) is 14.7 Å². The monoisotopic (exact) mass is 498 g/mol. The number of piperidine rings is 1. The van der Waals surface area contributed by atoms with Gasteiger partial charge < -0.3 is 19.4 Å². The predicted molar refractivity (Wildman–Crippen MR) is 142 cm³/mol. The lowest BCUT2D eigenvalue weighted by atomic mass is 10.0. The number of amides is 2. The van der Waals surface area contributed by atoms with E-state index in [1.165, 1.54) is 0 Å². The van der Waals surface area contributed by atoms with Crippen molar-refractivity contribution in [2.75, 3.05) is 50.1 Å². The fraction of sp³-hybridized carbons (Fsp3) is 0.357. The number of hydrogen-bond donors (Lipinski definition) is 0. The molecular formula is C28H30N6O3. The SMILES string of the molecule is COc1ccc(-n2nc(C3=NCCN3C)c3c2C(=O)N(c2ccc(N4CCCCC4=O)cc2)CC3)cc1. The third-order valence-corrected chi connectivity index (χ3v) is 7.40. The van der Waals surface area contributed by atoms with Crippen LogP contribution in [-0.4, -0.2) is 72.7 Å². The summed E-state index contributed by atoms with van der Waals surface area (Å²) in [6.45, 7) is 2.85. The molecule has 37 heavy (non-hydrogen) atoms. The van der Waals surface area contributed by atoms with Crippen molar-refractivity contribution in [3.05, 3.63) is 65.5 Å². The zero-order valence-electron chi connectivity index (χ0n) is 21.2. The number of rotatable bonds is 5. The Kier molecular flexibility index (Phi) is 5.90. The van der Waals surface area contributed by atoms with Crippen LogP contribution in [0.4, 0.5) is 11.4 Å². The number of carbonyl (C=O) groups is 2. The summed E-state index contributed by atoms with van der Waals surface area (Å²) < 4.78 is 7.06. The molecule has 2 aromatic carbocycles. The van der Waals surface area contributed by atoms with Crippen LogP contribution in [0.25, 0.3) is 5.69 Å². The van der Waals surface area contributed by atoms with Crippen molar-refractivity contribution in [2.24, 2.45) is 4.99 Å². The average Bonchev–Trinajstić information content (AvgIpc) is 3.53. The molecule has 4 heterocycles. The Labute approximate surface area is 215 Å². The van der Waals surface area contributed by atoms with Crippen LogP contribution in [0.5, 0.6) is 5.75 Å². The van der Waals surface area contributed by atoms with Gasteiger partial charge in [-0.15, -0.1) is 0 Å². The highest BCUT2D eigenvalue weighted by molar-refractivity contribution is 6.10. The van der Waals surface area contributed by atoms with Crippen molar-refractivity contribution in [1.29, 1.82) is 0 Å². The second-order valence-corrected chi connectivity index (χ2v) is 9.64. The van der Waals surface area contributed by atoms with E-state index < -0.39 is 0 Å². The van der Waals surface area contributed by atoms with Gasteiger partial charge in [-0.05, 0) is 67.8 Å². The van der Waals surface area contributed by atoms with Crippen molar-refractivity contribution in [2.45, 2.75) is 25.7 Å². The first-order valence-electron chi connectivity index (χ1n) is 12.8. The molecule has 6 rings (SSSR count). The van der Waals surface area contributed by atoms with Gasteiger partial charge in [-0.2, -0.15) is 5.10 Å². The van der Waals surface area contributed by atoms with Crippen molar-refractivity contribution < 1.29 is 14.3 Å². The maximum Gasteiger partial charge on any atom is 0.277 e. The Morgan fingerprint density at radius 1 is 0.811 bits per heavy atom. The smallest absolute Gasteiger partial charge is 0.277 e. The number of carbonyl (C=O) groups excluding carboxylic acids is 2. The Morgan fingerprint density at radius 2 is 1.51 bits per heavy atom. The maximum absolute atomic E-state index is 14.0. The van der Waals surface area contributed by atoms with E-state index in [-0.39, 0.29) is 11.8 Å². The Balaban J connectivity index is 1.37. The van der Waals surface area contributed by atoms with Crippen LogP contribution in [0.1, 0.15) is 41.0 Å². The van der Waals surface area contributed by atoms with Gasteiger partial charge in [-0.25, -0.2) is 4.68 Å². The summed E-state index contributed by atoms with van der Waals surface area (Å²) in [5, 5.41) is 4.92. The standard InChI is InChI=1S/C28H30N6O3/c1-31-18-15-29-27(31)25-23-14-17-33(20-8-6-19(7-9-20)32-16-4-3-5-24(32)35)28(36)26(23)34(30-25)21-10-12-22(37-2)13-11-21/h6-13H,3-5,14-18H2,1-2H3. The maximum atomic E-state index is 14.0. The van der Waals surface area contributed by atoms with Crippen molar-refractivity contribution in [3.63, 3.8) is 0 Å². The number of aliphatic imine (C=N–C) groups is 1. The van der Waals surface area contributed by atoms with Gasteiger partial charge in [0.2, 0.25) is 5.91 Å². The second kappa shape index (κ2) is 9.38. The minimum absolute atomic E-state index is 0.0983. The molecule has 3 aromatic rings. The van der Waals surface area contributed by atoms with Gasteiger partial charge in [0.05, 0.1) is 19.3 Å². The molecule has 0 atom stereocenters. The molecule has 1 saturated heterocycles. The summed E-state index contributed by atoms with van der Waals surface area (Å²) in [6, 6.07) is 15.3. The quantitative estimate of drug-likeness (QED) is 0.539. The van der Waals surface area contributed by atoms with Crippen LogP contribution in [0.15, 0.2) is 53.5 Å². The topological polar surface area (TPSA) is 83.3 Å². The molecule has 190 valence electrons. The molecule has 0 unspecified atom stereocenters. The summed E-state index contributed by atoms with van der Waals surface area (Å²) in [5.74, 6) is 1.64. The molecule has 0 aliphatic carbocycles. The van der Waals surface area contributed by atoms with E-state index in [4.69, 9.17) is 9.84 Å². The molecule has 0 spiro atoms. The molecular weight excluding hydrogens is 468 g/mol. The van der Waals surface area contributed by atoms with Crippen molar-refractivity contribution >= 4 is 29.0 Å². The number of aromatic nitrogens is 2. The van der Waals surface area contributed by atoms with Gasteiger partial charge in [0.15, 0.2) is 5.84 Å². The van der Waals surface area contributed by atoms with Crippen LogP contribution in [0.3, 0.4) is 0 Å². The summed E-state index contributed by atoms with van der Waals surface area (Å²) in [5.41, 5.74) is 4.75. The molecule has 1 aromatic heterocycles. The summed E-state index contributed by atoms with van der Waals surface area (Å²) in [6.07, 6.45) is 3.22. The number of hydrogen-bond acceptors (Lipinski definition) is 6. The zero-order valence-corrected chi connectivity index (χ0v) is 21.2. The summed E-state index contributed by atoms with van der Waals surface area (Å²) in [4.78, 5) is 36.8. The number of nitrogens with zero attached hydrogens (tertiary/aromatic N) is 6. The minimum Gasteiger partial charge on any atom is -0.497 e. The first-order valence-corrected chi connectivity index (χ1v) is 12.8. The normalized spacial score (nSPS) is 17.8. The number of amidine groups is 1. The van der Waals surface area contributed by atoms with Gasteiger partial charge in [0.25, 0.3) is 5.91 Å². The largest absolute Gasteiger partial charge is 0.497 e. The number of likely N-dealkylation sites (N-methyl/N-ethyl adjacent to an activating group) is 1. The molecule has 1 fully saturated rings. The predicted octanol–water partition coefficient (Wildman–Crippen LogP) is 3.29. The third kappa shape index (κ3) is 4.04. The van der Waals surface area contributed by atoms with Gasteiger partial charge >= 0.3 is 0 Å². The lowest BCUT2D eigenvalue weighted by molar-refractivity contribution is -0.119. The van der Waals surface area contributed by atoms with Crippen LogP contribution in [0.2, 0.25) is 0 Å². The van der Waals surface area contributed by atoms with E-state index in [0.717, 1.165) is 72.4 Å². The molecule has 9 heteroatoms. The molecule has 0 N–H and O–H groups in total. The first-order chi connectivity index (χ1) is 18.0. The van der Waals surface area contributed by atoms with Crippen LogP contribution < -0.4 is 14.5 Å². The molecule has 2 amide bonds.